The lowest BCUT2D eigenvalue weighted by molar-refractivity contribution is -0.129. The van der Waals surface area contributed by atoms with Gasteiger partial charge in [-0.2, -0.15) is 0 Å². The molecule has 0 radical (unpaired) electrons. The number of aromatic nitrogens is 1. The Morgan fingerprint density at radius 2 is 2.00 bits per heavy atom. The number of aliphatic hydroxyl groups is 1. The molecule has 9 heteroatoms. The summed E-state index contributed by atoms with van der Waals surface area (Å²) in [6.07, 6.45) is 1.32. The van der Waals surface area contributed by atoms with Gasteiger partial charge in [0.05, 0.1) is 17.1 Å². The fraction of sp³-hybridized carbons (Fsp3) is 0.308. The fourth-order valence-corrected chi connectivity index (χ4v) is 4.77. The van der Waals surface area contributed by atoms with E-state index < -0.39 is 17.8 Å². The normalized spacial score (nSPS) is 19.9. The van der Waals surface area contributed by atoms with Crippen LogP contribution in [0.15, 0.2) is 54.7 Å². The molecule has 1 saturated heterocycles. The number of pyridine rings is 1. The van der Waals surface area contributed by atoms with Crippen LogP contribution in [0.5, 0.6) is 0 Å². The van der Waals surface area contributed by atoms with E-state index >= 15 is 0 Å². The van der Waals surface area contributed by atoms with Crippen molar-refractivity contribution in [2.24, 2.45) is 0 Å². The Balaban J connectivity index is 1.27. The highest BCUT2D eigenvalue weighted by molar-refractivity contribution is 6.00. The summed E-state index contributed by atoms with van der Waals surface area (Å²) in [7, 11) is 0. The number of piperidine rings is 1. The molecule has 9 nitrogen and oxygen atoms in total. The van der Waals surface area contributed by atoms with Gasteiger partial charge in [-0.15, -0.1) is 0 Å². The number of anilines is 1. The first-order valence-corrected chi connectivity index (χ1v) is 11.6. The Labute approximate surface area is 202 Å². The molecule has 180 valence electrons. The molecule has 0 spiro atoms. The number of amides is 4. The maximum atomic E-state index is 12.9. The summed E-state index contributed by atoms with van der Waals surface area (Å²) in [4.78, 5) is 43.1. The topological polar surface area (TPSA) is 124 Å². The molecule has 0 bridgehead atoms. The Hall–Kier alpha value is -3.98. The molecule has 4 amide bonds. The van der Waals surface area contributed by atoms with E-state index in [9.17, 15) is 19.5 Å². The van der Waals surface area contributed by atoms with E-state index in [4.69, 9.17) is 0 Å². The molecule has 3 aromatic rings. The molecule has 5 rings (SSSR count). The minimum absolute atomic E-state index is 0.192. The molecule has 35 heavy (non-hydrogen) atoms. The van der Waals surface area contributed by atoms with Gasteiger partial charge in [0.2, 0.25) is 5.91 Å². The van der Waals surface area contributed by atoms with Crippen LogP contribution in [0.25, 0.3) is 10.9 Å². The number of carbonyl (C=O) groups excluding carboxylic acids is 3. The first-order chi connectivity index (χ1) is 16.7. The summed E-state index contributed by atoms with van der Waals surface area (Å²) < 4.78 is 0. The van der Waals surface area contributed by atoms with Gasteiger partial charge in [-0.3, -0.25) is 14.6 Å². The summed E-state index contributed by atoms with van der Waals surface area (Å²) in [5.41, 5.74) is 3.05. The molecule has 2 unspecified atom stereocenters. The highest BCUT2D eigenvalue weighted by atomic mass is 16.3. The van der Waals surface area contributed by atoms with Gasteiger partial charge in [0.15, 0.2) is 0 Å². The lowest BCUT2D eigenvalue weighted by Crippen LogP contribution is -2.55. The highest BCUT2D eigenvalue weighted by Gasteiger charge is 2.39. The molecule has 0 saturated carbocycles. The van der Waals surface area contributed by atoms with Crippen LogP contribution < -0.4 is 16.0 Å². The van der Waals surface area contributed by atoms with Crippen LogP contribution in [-0.4, -0.2) is 45.1 Å². The Morgan fingerprint density at radius 3 is 2.80 bits per heavy atom. The maximum absolute atomic E-state index is 12.9. The van der Waals surface area contributed by atoms with E-state index in [1.807, 2.05) is 44.2 Å². The third-order valence-electron chi connectivity index (χ3n) is 6.69. The molecule has 0 aliphatic carbocycles. The van der Waals surface area contributed by atoms with Crippen molar-refractivity contribution in [1.29, 1.82) is 0 Å². The van der Waals surface area contributed by atoms with E-state index in [2.05, 4.69) is 20.9 Å². The van der Waals surface area contributed by atoms with Crippen LogP contribution in [0.2, 0.25) is 0 Å². The van der Waals surface area contributed by atoms with Crippen LogP contribution in [0, 0.1) is 0 Å². The summed E-state index contributed by atoms with van der Waals surface area (Å²) in [6, 6.07) is 14.1. The van der Waals surface area contributed by atoms with Crippen LogP contribution in [-0.2, 0) is 16.9 Å². The van der Waals surface area contributed by atoms with Crippen molar-refractivity contribution < 1.29 is 19.5 Å². The zero-order valence-electron chi connectivity index (χ0n) is 19.5. The lowest BCUT2D eigenvalue weighted by Gasteiger charge is -2.35. The SMILES string of the molecule is CC(C)(NC(=O)Nc1ccc2c(c1)CN(C1CCC(=O)NC1O)C2=O)c1ccc2ncccc2c1. The van der Waals surface area contributed by atoms with Crippen molar-refractivity contribution in [3.05, 3.63) is 71.4 Å². The van der Waals surface area contributed by atoms with Gasteiger partial charge in [-0.05, 0) is 67.8 Å². The zero-order chi connectivity index (χ0) is 24.7. The van der Waals surface area contributed by atoms with E-state index in [0.29, 0.717) is 24.2 Å². The second-order valence-corrected chi connectivity index (χ2v) is 9.54. The Morgan fingerprint density at radius 1 is 1.17 bits per heavy atom. The minimum atomic E-state index is -1.09. The molecule has 2 aromatic carbocycles. The second kappa shape index (κ2) is 8.66. The predicted octanol–water partition coefficient (Wildman–Crippen LogP) is 2.84. The molecule has 2 atom stereocenters. The number of carbonyl (C=O) groups is 3. The number of rotatable bonds is 4. The van der Waals surface area contributed by atoms with Crippen LogP contribution in [0.1, 0.15) is 48.2 Å². The van der Waals surface area contributed by atoms with Crippen molar-refractivity contribution in [2.45, 2.75) is 51.0 Å². The van der Waals surface area contributed by atoms with Gasteiger partial charge in [0.1, 0.15) is 6.23 Å². The standard InChI is InChI=1S/C26H27N5O4/c1-26(2,17-5-8-20-15(12-17)4-3-11-27-20)30-25(35)28-18-6-7-19-16(13-18)14-31(24(19)34)21-9-10-22(32)29-23(21)33/h3-8,11-13,21,23,33H,9-10,14H2,1-2H3,(H,29,32)(H2,28,30,35). The summed E-state index contributed by atoms with van der Waals surface area (Å²) in [6.45, 7) is 4.16. The van der Waals surface area contributed by atoms with E-state index in [0.717, 1.165) is 22.0 Å². The number of fused-ring (bicyclic) bond motifs is 2. The van der Waals surface area contributed by atoms with Crippen LogP contribution in [0.3, 0.4) is 0 Å². The van der Waals surface area contributed by atoms with Crippen LogP contribution in [0.4, 0.5) is 10.5 Å². The van der Waals surface area contributed by atoms with Gasteiger partial charge in [-0.1, -0.05) is 12.1 Å². The molecular weight excluding hydrogens is 446 g/mol. The number of nitrogens with zero attached hydrogens (tertiary/aromatic N) is 2. The number of benzene rings is 2. The van der Waals surface area contributed by atoms with Crippen molar-refractivity contribution in [3.63, 3.8) is 0 Å². The molecule has 3 heterocycles. The van der Waals surface area contributed by atoms with E-state index in [1.54, 1.807) is 29.3 Å². The van der Waals surface area contributed by atoms with Crippen molar-refractivity contribution in [1.82, 2.24) is 20.5 Å². The quantitative estimate of drug-likeness (QED) is 0.464. The number of hydrogen-bond acceptors (Lipinski definition) is 5. The van der Waals surface area contributed by atoms with Gasteiger partial charge in [0, 0.05) is 35.8 Å². The highest BCUT2D eigenvalue weighted by Crippen LogP contribution is 2.30. The average Bonchev–Trinajstić information content (AvgIpc) is 3.13. The van der Waals surface area contributed by atoms with Crippen molar-refractivity contribution in [2.75, 3.05) is 5.32 Å². The summed E-state index contributed by atoms with van der Waals surface area (Å²) in [5, 5.41) is 19.6. The number of hydrogen-bond donors (Lipinski definition) is 4. The van der Waals surface area contributed by atoms with Gasteiger partial charge in [0.25, 0.3) is 5.91 Å². The number of aliphatic hydroxyl groups excluding tert-OH is 1. The zero-order valence-corrected chi connectivity index (χ0v) is 19.5. The third-order valence-corrected chi connectivity index (χ3v) is 6.69. The molecule has 2 aliphatic rings. The lowest BCUT2D eigenvalue weighted by atomic mass is 9.93. The van der Waals surface area contributed by atoms with E-state index in [1.165, 1.54) is 0 Å². The third kappa shape index (κ3) is 4.42. The van der Waals surface area contributed by atoms with Gasteiger partial charge < -0.3 is 26.0 Å². The predicted molar refractivity (Wildman–Crippen MR) is 130 cm³/mol. The van der Waals surface area contributed by atoms with Gasteiger partial charge in [-0.25, -0.2) is 4.79 Å². The molecular formula is C26H27N5O4. The summed E-state index contributed by atoms with van der Waals surface area (Å²) >= 11 is 0. The molecule has 2 aliphatic heterocycles. The minimum Gasteiger partial charge on any atom is -0.372 e. The van der Waals surface area contributed by atoms with Crippen molar-refractivity contribution in [3.8, 4) is 0 Å². The maximum Gasteiger partial charge on any atom is 0.319 e. The summed E-state index contributed by atoms with van der Waals surface area (Å²) in [5.74, 6) is -0.415. The van der Waals surface area contributed by atoms with Crippen molar-refractivity contribution >= 4 is 34.4 Å². The average molecular weight is 474 g/mol. The smallest absolute Gasteiger partial charge is 0.319 e. The van der Waals surface area contributed by atoms with Crippen LogP contribution >= 0.6 is 0 Å². The first-order valence-electron chi connectivity index (χ1n) is 11.6. The number of urea groups is 1. The second-order valence-electron chi connectivity index (χ2n) is 9.54. The first kappa shape index (κ1) is 22.8. The largest absolute Gasteiger partial charge is 0.372 e. The molecule has 4 N–H and O–H groups in total. The fourth-order valence-electron chi connectivity index (χ4n) is 4.77. The molecule has 1 aromatic heterocycles. The number of nitrogens with one attached hydrogen (secondary N) is 3. The Bertz CT molecular complexity index is 1340. The molecule has 1 fully saturated rings. The van der Waals surface area contributed by atoms with E-state index in [-0.39, 0.29) is 24.3 Å². The van der Waals surface area contributed by atoms with Gasteiger partial charge >= 0.3 is 6.03 Å². The Kier molecular flexibility index (Phi) is 5.64. The monoisotopic (exact) mass is 473 g/mol.